The zero-order valence-corrected chi connectivity index (χ0v) is 11.3. The second-order valence-corrected chi connectivity index (χ2v) is 4.63. The zero-order valence-electron chi connectivity index (χ0n) is 11.3. The molecule has 0 bridgehead atoms. The lowest BCUT2D eigenvalue weighted by molar-refractivity contribution is -0.135. The number of hydrogen-bond acceptors (Lipinski definition) is 3. The van der Waals surface area contributed by atoms with Crippen LogP contribution in [0.25, 0.3) is 0 Å². The topological polar surface area (TPSA) is 52.3 Å². The Labute approximate surface area is 109 Å². The molecule has 0 aliphatic rings. The molecule has 0 heterocycles. The summed E-state index contributed by atoms with van der Waals surface area (Å²) in [6, 6.07) is 7.09. The van der Waals surface area contributed by atoms with Gasteiger partial charge in [0.15, 0.2) is 5.75 Å². The van der Waals surface area contributed by atoms with Gasteiger partial charge in [0, 0.05) is 6.42 Å². The molecular weight excluding hydrogens is 226 g/mol. The summed E-state index contributed by atoms with van der Waals surface area (Å²) >= 11 is 0. The number of nitrogen functional groups attached to an aromatic ring is 1. The van der Waals surface area contributed by atoms with E-state index in [1.165, 1.54) is 6.42 Å². The minimum atomic E-state index is -0.184. The van der Waals surface area contributed by atoms with Gasteiger partial charge in [0.1, 0.15) is 0 Å². The Morgan fingerprint density at radius 2 is 2.06 bits per heavy atom. The minimum Gasteiger partial charge on any atom is -0.424 e. The Bertz CT molecular complexity index is 377. The number of carbonyl (C=O) groups is 1. The van der Waals surface area contributed by atoms with Crippen molar-refractivity contribution in [2.24, 2.45) is 5.92 Å². The highest BCUT2D eigenvalue weighted by Gasteiger charge is 2.14. The molecule has 0 aliphatic heterocycles. The maximum absolute atomic E-state index is 11.8. The number of carbonyl (C=O) groups excluding carboxylic acids is 1. The molecule has 0 radical (unpaired) electrons. The van der Waals surface area contributed by atoms with Crippen LogP contribution in [-0.2, 0) is 4.79 Å². The van der Waals surface area contributed by atoms with Gasteiger partial charge in [-0.05, 0) is 24.5 Å². The summed E-state index contributed by atoms with van der Waals surface area (Å²) in [7, 11) is 0. The molecule has 1 aromatic carbocycles. The van der Waals surface area contributed by atoms with E-state index in [1.807, 2.05) is 12.1 Å². The number of anilines is 1. The molecule has 1 atom stereocenters. The highest BCUT2D eigenvalue weighted by molar-refractivity contribution is 5.74. The molecule has 1 rings (SSSR count). The van der Waals surface area contributed by atoms with E-state index in [2.05, 4.69) is 13.8 Å². The van der Waals surface area contributed by atoms with Gasteiger partial charge in [0.2, 0.25) is 0 Å². The molecule has 0 saturated carbocycles. The summed E-state index contributed by atoms with van der Waals surface area (Å²) in [6.07, 6.45) is 4.91. The van der Waals surface area contributed by atoms with E-state index in [0.29, 0.717) is 23.8 Å². The molecule has 3 nitrogen and oxygen atoms in total. The number of unbranched alkanes of at least 4 members (excludes halogenated alkanes) is 1. The van der Waals surface area contributed by atoms with Crippen molar-refractivity contribution in [1.29, 1.82) is 0 Å². The summed E-state index contributed by atoms with van der Waals surface area (Å²) in [5, 5.41) is 0. The van der Waals surface area contributed by atoms with Crippen molar-refractivity contribution in [3.63, 3.8) is 0 Å². The van der Waals surface area contributed by atoms with Crippen molar-refractivity contribution in [3.05, 3.63) is 24.3 Å². The zero-order chi connectivity index (χ0) is 13.4. The Morgan fingerprint density at radius 3 is 2.67 bits per heavy atom. The summed E-state index contributed by atoms with van der Waals surface area (Å²) in [4.78, 5) is 11.8. The molecule has 1 aromatic rings. The number of rotatable bonds is 7. The van der Waals surface area contributed by atoms with Gasteiger partial charge in [-0.15, -0.1) is 0 Å². The molecule has 2 N–H and O–H groups in total. The molecular formula is C15H23NO2. The van der Waals surface area contributed by atoms with E-state index in [4.69, 9.17) is 10.5 Å². The SMILES string of the molecule is CCCCC(CC)CC(=O)Oc1ccccc1N. The predicted molar refractivity (Wildman–Crippen MR) is 74.4 cm³/mol. The van der Waals surface area contributed by atoms with Crippen LogP contribution in [0.3, 0.4) is 0 Å². The average Bonchev–Trinajstić information content (AvgIpc) is 2.37. The van der Waals surface area contributed by atoms with E-state index in [-0.39, 0.29) is 5.97 Å². The lowest BCUT2D eigenvalue weighted by Gasteiger charge is -2.14. The van der Waals surface area contributed by atoms with Crippen LogP contribution in [0.15, 0.2) is 24.3 Å². The first-order valence-corrected chi connectivity index (χ1v) is 6.72. The van der Waals surface area contributed by atoms with Crippen molar-refractivity contribution in [1.82, 2.24) is 0 Å². The molecule has 3 heteroatoms. The highest BCUT2D eigenvalue weighted by Crippen LogP contribution is 2.22. The van der Waals surface area contributed by atoms with Crippen LogP contribution in [0.4, 0.5) is 5.69 Å². The van der Waals surface area contributed by atoms with Gasteiger partial charge in [0.05, 0.1) is 5.69 Å². The summed E-state index contributed by atoms with van der Waals surface area (Å²) in [5.74, 6) is 0.700. The number of benzene rings is 1. The first-order chi connectivity index (χ1) is 8.67. The molecule has 0 fully saturated rings. The molecule has 0 amide bonds. The fourth-order valence-electron chi connectivity index (χ4n) is 1.92. The number of ether oxygens (including phenoxy) is 1. The molecule has 100 valence electrons. The van der Waals surface area contributed by atoms with Crippen molar-refractivity contribution < 1.29 is 9.53 Å². The van der Waals surface area contributed by atoms with Crippen LogP contribution < -0.4 is 10.5 Å². The van der Waals surface area contributed by atoms with E-state index in [0.717, 1.165) is 19.3 Å². The minimum absolute atomic E-state index is 0.184. The fourth-order valence-corrected chi connectivity index (χ4v) is 1.92. The predicted octanol–water partition coefficient (Wildman–Crippen LogP) is 3.78. The lowest BCUT2D eigenvalue weighted by atomic mass is 9.96. The van der Waals surface area contributed by atoms with Crippen molar-refractivity contribution in [3.8, 4) is 5.75 Å². The summed E-state index contributed by atoms with van der Waals surface area (Å²) < 4.78 is 5.29. The van der Waals surface area contributed by atoms with Crippen molar-refractivity contribution in [2.75, 3.05) is 5.73 Å². The molecule has 0 saturated heterocycles. The molecule has 18 heavy (non-hydrogen) atoms. The molecule has 0 spiro atoms. The maximum atomic E-state index is 11.8. The molecule has 0 aliphatic carbocycles. The number of hydrogen-bond donors (Lipinski definition) is 1. The normalized spacial score (nSPS) is 12.1. The number of esters is 1. The van der Waals surface area contributed by atoms with Crippen LogP contribution >= 0.6 is 0 Å². The highest BCUT2D eigenvalue weighted by atomic mass is 16.5. The van der Waals surface area contributed by atoms with Crippen LogP contribution in [0.2, 0.25) is 0 Å². The van der Waals surface area contributed by atoms with Crippen LogP contribution in [0, 0.1) is 5.92 Å². The first-order valence-electron chi connectivity index (χ1n) is 6.72. The third-order valence-corrected chi connectivity index (χ3v) is 3.14. The van der Waals surface area contributed by atoms with E-state index in [9.17, 15) is 4.79 Å². The van der Waals surface area contributed by atoms with Gasteiger partial charge in [-0.2, -0.15) is 0 Å². The molecule has 0 aromatic heterocycles. The van der Waals surface area contributed by atoms with Crippen molar-refractivity contribution >= 4 is 11.7 Å². The van der Waals surface area contributed by atoms with Crippen LogP contribution in [0.5, 0.6) is 5.75 Å². The van der Waals surface area contributed by atoms with Gasteiger partial charge in [-0.1, -0.05) is 45.2 Å². The first kappa shape index (κ1) is 14.6. The Balaban J connectivity index is 2.48. The van der Waals surface area contributed by atoms with Gasteiger partial charge >= 0.3 is 5.97 Å². The fraction of sp³-hybridized carbons (Fsp3) is 0.533. The lowest BCUT2D eigenvalue weighted by Crippen LogP contribution is -2.14. The van der Waals surface area contributed by atoms with E-state index >= 15 is 0 Å². The number of para-hydroxylation sites is 2. The third-order valence-electron chi connectivity index (χ3n) is 3.14. The maximum Gasteiger partial charge on any atom is 0.311 e. The van der Waals surface area contributed by atoms with Gasteiger partial charge in [0.25, 0.3) is 0 Å². The molecule has 1 unspecified atom stereocenters. The van der Waals surface area contributed by atoms with Gasteiger partial charge in [-0.25, -0.2) is 0 Å². The Hall–Kier alpha value is -1.51. The van der Waals surface area contributed by atoms with Crippen LogP contribution in [-0.4, -0.2) is 5.97 Å². The largest absolute Gasteiger partial charge is 0.424 e. The second-order valence-electron chi connectivity index (χ2n) is 4.63. The van der Waals surface area contributed by atoms with Crippen LogP contribution in [0.1, 0.15) is 46.0 Å². The number of nitrogens with two attached hydrogens (primary N) is 1. The Kier molecular flexibility index (Phi) is 6.26. The van der Waals surface area contributed by atoms with E-state index in [1.54, 1.807) is 12.1 Å². The standard InChI is InChI=1S/C15H23NO2/c1-3-5-8-12(4-2)11-15(17)18-14-10-7-6-9-13(14)16/h6-7,9-10,12H,3-5,8,11,16H2,1-2H3. The second kappa shape index (κ2) is 7.75. The van der Waals surface area contributed by atoms with E-state index < -0.39 is 0 Å². The summed E-state index contributed by atoms with van der Waals surface area (Å²) in [5.41, 5.74) is 6.24. The summed E-state index contributed by atoms with van der Waals surface area (Å²) in [6.45, 7) is 4.28. The van der Waals surface area contributed by atoms with Gasteiger partial charge < -0.3 is 10.5 Å². The Morgan fingerprint density at radius 1 is 1.33 bits per heavy atom. The average molecular weight is 249 g/mol. The third kappa shape index (κ3) is 4.78. The smallest absolute Gasteiger partial charge is 0.311 e. The van der Waals surface area contributed by atoms with Gasteiger partial charge in [-0.3, -0.25) is 4.79 Å². The van der Waals surface area contributed by atoms with Crippen molar-refractivity contribution in [2.45, 2.75) is 46.0 Å². The quantitative estimate of drug-likeness (QED) is 0.454. The monoisotopic (exact) mass is 249 g/mol.